The van der Waals surface area contributed by atoms with Crippen LogP contribution in [0.1, 0.15) is 35.3 Å². The topological polar surface area (TPSA) is 83.3 Å². The molecule has 7 heteroatoms. The van der Waals surface area contributed by atoms with Crippen molar-refractivity contribution in [2.75, 3.05) is 19.8 Å². The Hall–Kier alpha value is -3.06. The Bertz CT molecular complexity index is 1060. The molecule has 1 aromatic heterocycles. The van der Waals surface area contributed by atoms with Crippen LogP contribution in [0.2, 0.25) is 0 Å². The van der Waals surface area contributed by atoms with Crippen LogP contribution in [0, 0.1) is 12.8 Å². The molecule has 29 heavy (non-hydrogen) atoms. The van der Waals surface area contributed by atoms with Gasteiger partial charge in [-0.1, -0.05) is 48.9 Å². The Balaban J connectivity index is 1.76. The second-order valence-electron chi connectivity index (χ2n) is 7.33. The molecule has 0 radical (unpaired) electrons. The van der Waals surface area contributed by atoms with Gasteiger partial charge in [0, 0.05) is 6.61 Å². The lowest BCUT2D eigenvalue weighted by atomic mass is 10.1. The predicted molar refractivity (Wildman–Crippen MR) is 110 cm³/mol. The summed E-state index contributed by atoms with van der Waals surface area (Å²) in [5.74, 6) is -0.0250. The highest BCUT2D eigenvalue weighted by molar-refractivity contribution is 5.91. The largest absolute Gasteiger partial charge is 0.460 e. The molecule has 0 aliphatic carbocycles. The number of benzene rings is 2. The summed E-state index contributed by atoms with van der Waals surface area (Å²) in [6, 6.07) is 12.5. The van der Waals surface area contributed by atoms with E-state index in [9.17, 15) is 9.59 Å². The summed E-state index contributed by atoms with van der Waals surface area (Å²) in [6.07, 6.45) is 0. The first kappa shape index (κ1) is 20.7. The third-order valence-corrected chi connectivity index (χ3v) is 4.35. The number of nitrogens with zero attached hydrogens (tertiary/aromatic N) is 3. The molecule has 0 atom stereocenters. The minimum Gasteiger partial charge on any atom is -0.460 e. The monoisotopic (exact) mass is 395 g/mol. The van der Waals surface area contributed by atoms with E-state index in [2.05, 4.69) is 24.2 Å². The number of carbonyl (C=O) groups is 1. The smallest absolute Gasteiger partial charge is 0.338 e. The van der Waals surface area contributed by atoms with E-state index >= 15 is 0 Å². The van der Waals surface area contributed by atoms with Crippen LogP contribution in [0.3, 0.4) is 0 Å². The maximum absolute atomic E-state index is 12.8. The minimum atomic E-state index is -0.452. The van der Waals surface area contributed by atoms with Gasteiger partial charge in [0.25, 0.3) is 5.56 Å². The Labute approximate surface area is 169 Å². The number of ether oxygens (including phenoxy) is 2. The molecular formula is C22H25N3O4. The molecule has 0 fully saturated rings. The van der Waals surface area contributed by atoms with E-state index in [-0.39, 0.29) is 18.7 Å². The van der Waals surface area contributed by atoms with Gasteiger partial charge >= 0.3 is 5.97 Å². The van der Waals surface area contributed by atoms with Gasteiger partial charge in [0.15, 0.2) is 0 Å². The van der Waals surface area contributed by atoms with Gasteiger partial charge in [0.2, 0.25) is 0 Å². The molecule has 0 saturated heterocycles. The lowest BCUT2D eigenvalue weighted by Crippen LogP contribution is -2.26. The Morgan fingerprint density at radius 1 is 1.14 bits per heavy atom. The van der Waals surface area contributed by atoms with Gasteiger partial charge in [0.05, 0.1) is 24.1 Å². The Morgan fingerprint density at radius 2 is 1.93 bits per heavy atom. The number of esters is 1. The van der Waals surface area contributed by atoms with Crippen molar-refractivity contribution in [3.05, 3.63) is 69.5 Å². The van der Waals surface area contributed by atoms with Gasteiger partial charge in [-0.05, 0) is 36.6 Å². The van der Waals surface area contributed by atoms with Gasteiger partial charge in [0.1, 0.15) is 12.1 Å². The number of rotatable bonds is 8. The standard InChI is InChI=1S/C22H25N3O4/c1-15(2)14-28-10-11-29-22(27)18-7-5-4-6-17(18)13-25-21(26)19-12-16(3)8-9-20(19)23-24-25/h4-9,12,15H,10-11,13-14H2,1-3H3. The summed E-state index contributed by atoms with van der Waals surface area (Å²) < 4.78 is 12.0. The normalized spacial score (nSPS) is 11.2. The fourth-order valence-corrected chi connectivity index (χ4v) is 2.90. The van der Waals surface area contributed by atoms with Crippen LogP contribution in [0.5, 0.6) is 0 Å². The minimum absolute atomic E-state index is 0.130. The summed E-state index contributed by atoms with van der Waals surface area (Å²) in [4.78, 5) is 25.3. The maximum Gasteiger partial charge on any atom is 0.338 e. The predicted octanol–water partition coefficient (Wildman–Crippen LogP) is 2.98. The van der Waals surface area contributed by atoms with Crippen molar-refractivity contribution >= 4 is 16.9 Å². The zero-order valence-electron chi connectivity index (χ0n) is 16.9. The molecule has 7 nitrogen and oxygen atoms in total. The van der Waals surface area contributed by atoms with Crippen LogP contribution < -0.4 is 5.56 Å². The summed E-state index contributed by atoms with van der Waals surface area (Å²) in [5.41, 5.74) is 2.31. The number of hydrogen-bond acceptors (Lipinski definition) is 6. The average Bonchev–Trinajstić information content (AvgIpc) is 2.70. The van der Waals surface area contributed by atoms with Gasteiger partial charge in [-0.25, -0.2) is 9.48 Å². The molecule has 0 spiro atoms. The number of aromatic nitrogens is 3. The zero-order chi connectivity index (χ0) is 20.8. The molecule has 0 unspecified atom stereocenters. The molecule has 3 rings (SSSR count). The van der Waals surface area contributed by atoms with Crippen LogP contribution in [0.15, 0.2) is 47.3 Å². The van der Waals surface area contributed by atoms with E-state index in [0.29, 0.717) is 41.2 Å². The SMILES string of the molecule is Cc1ccc2nnn(Cc3ccccc3C(=O)OCCOCC(C)C)c(=O)c2c1. The molecule has 0 aliphatic heterocycles. The lowest BCUT2D eigenvalue weighted by Gasteiger charge is -2.11. The summed E-state index contributed by atoms with van der Waals surface area (Å²) >= 11 is 0. The zero-order valence-corrected chi connectivity index (χ0v) is 16.9. The van der Waals surface area contributed by atoms with Crippen LogP contribution in [-0.4, -0.2) is 40.8 Å². The molecule has 0 saturated carbocycles. The third kappa shape index (κ3) is 5.26. The molecule has 0 aliphatic rings. The number of hydrogen-bond donors (Lipinski definition) is 0. The van der Waals surface area contributed by atoms with Crippen molar-refractivity contribution in [2.45, 2.75) is 27.3 Å². The van der Waals surface area contributed by atoms with E-state index in [0.717, 1.165) is 5.56 Å². The quantitative estimate of drug-likeness (QED) is 0.431. The second kappa shape index (κ2) is 9.43. The number of aryl methyl sites for hydroxylation is 1. The molecular weight excluding hydrogens is 370 g/mol. The summed E-state index contributed by atoms with van der Waals surface area (Å²) in [7, 11) is 0. The van der Waals surface area contributed by atoms with Crippen molar-refractivity contribution in [2.24, 2.45) is 5.92 Å². The van der Waals surface area contributed by atoms with Crippen LogP contribution >= 0.6 is 0 Å². The molecule has 0 amide bonds. The number of carbonyl (C=O) groups excluding carboxylic acids is 1. The van der Waals surface area contributed by atoms with Crippen molar-refractivity contribution < 1.29 is 14.3 Å². The lowest BCUT2D eigenvalue weighted by molar-refractivity contribution is 0.0276. The first-order chi connectivity index (χ1) is 14.0. The van der Waals surface area contributed by atoms with Crippen molar-refractivity contribution in [3.8, 4) is 0 Å². The molecule has 1 heterocycles. The highest BCUT2D eigenvalue weighted by atomic mass is 16.6. The average molecular weight is 395 g/mol. The van der Waals surface area contributed by atoms with E-state index < -0.39 is 5.97 Å². The van der Waals surface area contributed by atoms with Gasteiger partial charge in [-0.2, -0.15) is 0 Å². The molecule has 0 bridgehead atoms. The Kier molecular flexibility index (Phi) is 6.72. The van der Waals surface area contributed by atoms with Crippen molar-refractivity contribution in [1.82, 2.24) is 15.0 Å². The van der Waals surface area contributed by atoms with Crippen LogP contribution in [0.4, 0.5) is 0 Å². The third-order valence-electron chi connectivity index (χ3n) is 4.35. The van der Waals surface area contributed by atoms with E-state index in [1.165, 1.54) is 4.68 Å². The molecule has 0 N–H and O–H groups in total. The molecule has 152 valence electrons. The number of fused-ring (bicyclic) bond motifs is 1. The molecule has 2 aromatic carbocycles. The first-order valence-electron chi connectivity index (χ1n) is 9.62. The van der Waals surface area contributed by atoms with E-state index in [1.54, 1.807) is 30.3 Å². The van der Waals surface area contributed by atoms with Crippen LogP contribution in [0.25, 0.3) is 10.9 Å². The van der Waals surface area contributed by atoms with Gasteiger partial charge in [-0.15, -0.1) is 5.10 Å². The van der Waals surface area contributed by atoms with Gasteiger partial charge in [-0.3, -0.25) is 4.79 Å². The highest BCUT2D eigenvalue weighted by Crippen LogP contribution is 2.13. The fraction of sp³-hybridized carbons (Fsp3) is 0.364. The van der Waals surface area contributed by atoms with E-state index in [4.69, 9.17) is 9.47 Å². The summed E-state index contributed by atoms with van der Waals surface area (Å²) in [6.45, 7) is 7.31. The fourth-order valence-electron chi connectivity index (χ4n) is 2.90. The summed E-state index contributed by atoms with van der Waals surface area (Å²) in [5, 5.41) is 8.64. The van der Waals surface area contributed by atoms with E-state index in [1.807, 2.05) is 19.1 Å². The van der Waals surface area contributed by atoms with Crippen LogP contribution in [-0.2, 0) is 16.0 Å². The highest BCUT2D eigenvalue weighted by Gasteiger charge is 2.15. The van der Waals surface area contributed by atoms with Crippen molar-refractivity contribution in [3.63, 3.8) is 0 Å². The maximum atomic E-state index is 12.8. The van der Waals surface area contributed by atoms with Gasteiger partial charge < -0.3 is 9.47 Å². The second-order valence-corrected chi connectivity index (χ2v) is 7.33. The Morgan fingerprint density at radius 3 is 2.72 bits per heavy atom. The first-order valence-corrected chi connectivity index (χ1v) is 9.62. The molecule has 3 aromatic rings. The van der Waals surface area contributed by atoms with Crippen molar-refractivity contribution in [1.29, 1.82) is 0 Å².